The maximum Gasteiger partial charge on any atom is 0.122 e. The lowest BCUT2D eigenvalue weighted by Crippen LogP contribution is -2.25. The van der Waals surface area contributed by atoms with Gasteiger partial charge in [0.25, 0.3) is 0 Å². The lowest BCUT2D eigenvalue weighted by atomic mass is 9.78. The number of benzene rings is 4. The van der Waals surface area contributed by atoms with Crippen molar-refractivity contribution in [2.45, 2.75) is 86.9 Å². The smallest absolute Gasteiger partial charge is 0.122 e. The predicted molar refractivity (Wildman–Crippen MR) is 197 cm³/mol. The fourth-order valence-corrected chi connectivity index (χ4v) is 4.00. The van der Waals surface area contributed by atoms with Gasteiger partial charge in [-0.2, -0.15) is 0 Å². The maximum absolute atomic E-state index is 10.2. The van der Waals surface area contributed by atoms with Crippen LogP contribution in [0.3, 0.4) is 0 Å². The number of aliphatic hydroxyl groups is 2. The molecule has 0 fully saturated rings. The molecule has 2 atom stereocenters. The molecule has 0 aromatic heterocycles. The molecule has 0 saturated carbocycles. The van der Waals surface area contributed by atoms with Gasteiger partial charge in [0.1, 0.15) is 61.6 Å². The van der Waals surface area contributed by atoms with E-state index in [0.717, 1.165) is 11.1 Å². The van der Waals surface area contributed by atoms with Gasteiger partial charge in [-0.15, -0.1) is 0 Å². The topological polar surface area (TPSA) is 77.4 Å². The van der Waals surface area contributed by atoms with Gasteiger partial charge in [0.05, 0.1) is 0 Å². The maximum atomic E-state index is 10.2. The second kappa shape index (κ2) is 26.1. The Hall–Kier alpha value is -4.00. The summed E-state index contributed by atoms with van der Waals surface area (Å²) in [6, 6.07) is 34.6. The van der Waals surface area contributed by atoms with Crippen molar-refractivity contribution < 1.29 is 29.2 Å². The van der Waals surface area contributed by atoms with Gasteiger partial charge in [0.2, 0.25) is 0 Å². The summed E-state index contributed by atoms with van der Waals surface area (Å²) in [6.45, 7) is 20.9. The quantitative estimate of drug-likeness (QED) is 0.142. The van der Waals surface area contributed by atoms with Crippen LogP contribution in [0.4, 0.5) is 0 Å². The summed E-state index contributed by atoms with van der Waals surface area (Å²) in [5, 5.41) is 20.4. The van der Waals surface area contributed by atoms with Crippen LogP contribution < -0.4 is 18.9 Å². The van der Waals surface area contributed by atoms with Crippen LogP contribution in [0, 0.1) is 0 Å². The molecule has 4 aromatic carbocycles. The first-order valence-corrected chi connectivity index (χ1v) is 17.1. The van der Waals surface area contributed by atoms with E-state index in [1.54, 1.807) is 0 Å². The lowest BCUT2D eigenvalue weighted by molar-refractivity contribution is 0.0626. The number of rotatable bonds is 14. The molecule has 0 spiro atoms. The first-order chi connectivity index (χ1) is 22.9. The first kappa shape index (κ1) is 43.0. The highest BCUT2D eigenvalue weighted by Crippen LogP contribution is 2.33. The highest BCUT2D eigenvalue weighted by Gasteiger charge is 2.23. The monoisotopic (exact) mass is 648 g/mol. The summed E-state index contributed by atoms with van der Waals surface area (Å²) in [4.78, 5) is 0. The van der Waals surface area contributed by atoms with Crippen molar-refractivity contribution in [3.05, 3.63) is 120 Å². The molecule has 0 heterocycles. The van der Waals surface area contributed by atoms with Gasteiger partial charge in [-0.3, -0.25) is 0 Å². The van der Waals surface area contributed by atoms with Crippen LogP contribution in [0.25, 0.3) is 0 Å². The molecule has 0 saturated heterocycles. The number of aliphatic hydroxyl groups excluding tert-OH is 2. The van der Waals surface area contributed by atoms with Gasteiger partial charge in [-0.25, -0.2) is 0 Å². The average Bonchev–Trinajstić information content (AvgIpc) is 3.16. The van der Waals surface area contributed by atoms with E-state index in [1.165, 1.54) is 0 Å². The van der Waals surface area contributed by atoms with Gasteiger partial charge in [0.15, 0.2) is 0 Å². The van der Waals surface area contributed by atoms with Crippen LogP contribution in [-0.2, 0) is 5.41 Å². The van der Waals surface area contributed by atoms with Gasteiger partial charge in [-0.1, -0.05) is 130 Å². The van der Waals surface area contributed by atoms with Crippen molar-refractivity contribution >= 4 is 0 Å². The van der Waals surface area contributed by atoms with Crippen LogP contribution >= 0.6 is 0 Å². The molecule has 0 aliphatic heterocycles. The minimum atomic E-state index is -0.737. The van der Waals surface area contributed by atoms with Crippen molar-refractivity contribution in [1.82, 2.24) is 0 Å². The summed E-state index contributed by atoms with van der Waals surface area (Å²) in [5.74, 6) is 2.81. The molecule has 0 bridgehead atoms. The summed E-state index contributed by atoms with van der Waals surface area (Å²) in [5.41, 5.74) is 2.01. The van der Waals surface area contributed by atoms with Crippen molar-refractivity contribution in [3.8, 4) is 23.0 Å². The highest BCUT2D eigenvalue weighted by atomic mass is 16.5. The Balaban J connectivity index is 0.00000246. The standard InChI is InChI=1S/C33H36O6.4C2H6/c1-33(2,25-13-17-31(18-14-25)38-23-27(34)21-36-29-9-5-3-6-10-29)26-15-19-32(20-16-26)39-24-28(35)22-37-30-11-7-4-8-12-30;4*1-2/h3-20,27-28,34-35H,21-24H2,1-2H3;4*1-2H3. The molecule has 0 aliphatic rings. The molecule has 0 aliphatic carbocycles. The molecule has 4 rings (SSSR count). The third-order valence-electron chi connectivity index (χ3n) is 6.41. The Morgan fingerprint density at radius 3 is 0.894 bits per heavy atom. The van der Waals surface area contributed by atoms with Crippen molar-refractivity contribution in [2.24, 2.45) is 0 Å². The predicted octanol–water partition coefficient (Wildman–Crippen LogP) is 9.75. The summed E-state index contributed by atoms with van der Waals surface area (Å²) in [7, 11) is 0. The van der Waals surface area contributed by atoms with Crippen LogP contribution in [0.1, 0.15) is 80.4 Å². The van der Waals surface area contributed by atoms with E-state index in [2.05, 4.69) is 13.8 Å². The van der Waals surface area contributed by atoms with Gasteiger partial charge >= 0.3 is 0 Å². The molecule has 0 radical (unpaired) electrons. The van der Waals surface area contributed by atoms with Crippen molar-refractivity contribution in [1.29, 1.82) is 0 Å². The Morgan fingerprint density at radius 1 is 0.404 bits per heavy atom. The van der Waals surface area contributed by atoms with E-state index in [1.807, 2.05) is 165 Å². The van der Waals surface area contributed by atoms with Crippen molar-refractivity contribution in [3.63, 3.8) is 0 Å². The molecule has 47 heavy (non-hydrogen) atoms. The van der Waals surface area contributed by atoms with E-state index >= 15 is 0 Å². The number of hydrogen-bond acceptors (Lipinski definition) is 6. The Morgan fingerprint density at radius 2 is 0.638 bits per heavy atom. The minimum absolute atomic E-state index is 0.143. The summed E-state index contributed by atoms with van der Waals surface area (Å²) < 4.78 is 22.7. The van der Waals surface area contributed by atoms with Gasteiger partial charge in [-0.05, 0) is 59.7 Å². The largest absolute Gasteiger partial charge is 0.491 e. The zero-order valence-corrected chi connectivity index (χ0v) is 30.4. The van der Waals surface area contributed by atoms with E-state index in [-0.39, 0.29) is 31.8 Å². The van der Waals surface area contributed by atoms with Crippen LogP contribution in [-0.4, -0.2) is 48.8 Å². The zero-order valence-electron chi connectivity index (χ0n) is 30.4. The SMILES string of the molecule is CC.CC.CC.CC.CC(C)(c1ccc(OCC(O)COc2ccccc2)cc1)c1ccc(OCC(O)COc2ccccc2)cc1. The molecule has 6 heteroatoms. The molecule has 2 N–H and O–H groups in total. The molecular weight excluding hydrogens is 588 g/mol. The highest BCUT2D eigenvalue weighted by molar-refractivity contribution is 5.42. The normalized spacial score (nSPS) is 11.1. The molecular formula is C41H60O6. The summed E-state index contributed by atoms with van der Waals surface area (Å²) in [6.07, 6.45) is -1.47. The van der Waals surface area contributed by atoms with Crippen LogP contribution in [0.2, 0.25) is 0 Å². The first-order valence-electron chi connectivity index (χ1n) is 17.1. The minimum Gasteiger partial charge on any atom is -0.491 e. The Kier molecular flexibility index (Phi) is 23.9. The fourth-order valence-electron chi connectivity index (χ4n) is 4.00. The molecule has 2 unspecified atom stereocenters. The second-order valence-corrected chi connectivity index (χ2v) is 9.85. The third kappa shape index (κ3) is 16.4. The number of ether oxygens (including phenoxy) is 4. The lowest BCUT2D eigenvalue weighted by Gasteiger charge is -2.26. The third-order valence-corrected chi connectivity index (χ3v) is 6.41. The Labute approximate surface area is 285 Å². The number of para-hydroxylation sites is 2. The molecule has 4 aromatic rings. The molecule has 0 amide bonds. The average molecular weight is 649 g/mol. The molecule has 260 valence electrons. The van der Waals surface area contributed by atoms with E-state index in [4.69, 9.17) is 18.9 Å². The Bertz CT molecular complexity index is 1140. The fraction of sp³-hybridized carbons (Fsp3) is 0.415. The van der Waals surface area contributed by atoms with Gasteiger partial charge < -0.3 is 29.2 Å². The number of hydrogen-bond donors (Lipinski definition) is 2. The van der Waals surface area contributed by atoms with Crippen LogP contribution in [0.5, 0.6) is 23.0 Å². The van der Waals surface area contributed by atoms with E-state index in [0.29, 0.717) is 23.0 Å². The zero-order chi connectivity index (χ0) is 35.5. The summed E-state index contributed by atoms with van der Waals surface area (Å²) >= 11 is 0. The van der Waals surface area contributed by atoms with E-state index < -0.39 is 12.2 Å². The second-order valence-electron chi connectivity index (χ2n) is 9.85. The van der Waals surface area contributed by atoms with Crippen molar-refractivity contribution in [2.75, 3.05) is 26.4 Å². The van der Waals surface area contributed by atoms with Gasteiger partial charge in [0, 0.05) is 5.41 Å². The van der Waals surface area contributed by atoms with Crippen LogP contribution in [0.15, 0.2) is 109 Å². The molecule has 6 nitrogen and oxygen atoms in total. The van der Waals surface area contributed by atoms with E-state index in [9.17, 15) is 10.2 Å².